The lowest BCUT2D eigenvalue weighted by atomic mass is 10.1. The molecule has 1 saturated heterocycles. The Morgan fingerprint density at radius 3 is 2.50 bits per heavy atom. The molecule has 30 heavy (non-hydrogen) atoms. The van der Waals surface area contributed by atoms with Gasteiger partial charge in [-0.25, -0.2) is 0 Å². The molecule has 3 rings (SSSR count). The number of amides is 3. The third-order valence-electron chi connectivity index (χ3n) is 4.39. The quantitative estimate of drug-likeness (QED) is 0.652. The average molecular weight is 425 g/mol. The number of imide groups is 1. The number of hydrogen-bond donors (Lipinski definition) is 1. The number of rotatable bonds is 7. The highest BCUT2D eigenvalue weighted by Crippen LogP contribution is 2.34. The van der Waals surface area contributed by atoms with E-state index in [1.807, 2.05) is 57.2 Å². The standard InChI is InChI=1S/C23H24N2O4S/c1-4-16-9-11-18(12-10-16)24-21(26)14-25-22(27)20(30-23(25)28)13-17-7-5-6-8-19(17)29-15(2)3/h5-13,15H,4,14H2,1-3H3,(H,24,26)/b20-13-. The maximum atomic E-state index is 12.7. The second-order valence-corrected chi connectivity index (χ2v) is 8.06. The first-order valence-electron chi connectivity index (χ1n) is 9.77. The molecule has 0 saturated carbocycles. The zero-order chi connectivity index (χ0) is 21.7. The number of benzene rings is 2. The van der Waals surface area contributed by atoms with Crippen LogP contribution in [0.5, 0.6) is 5.75 Å². The summed E-state index contributed by atoms with van der Waals surface area (Å²) < 4.78 is 5.76. The third kappa shape index (κ3) is 5.30. The number of thioether (sulfide) groups is 1. The van der Waals surface area contributed by atoms with E-state index in [4.69, 9.17) is 4.74 Å². The van der Waals surface area contributed by atoms with E-state index in [1.165, 1.54) is 0 Å². The molecule has 1 aliphatic heterocycles. The van der Waals surface area contributed by atoms with Gasteiger partial charge in [-0.3, -0.25) is 19.3 Å². The van der Waals surface area contributed by atoms with Gasteiger partial charge in [-0.15, -0.1) is 0 Å². The highest BCUT2D eigenvalue weighted by atomic mass is 32.2. The van der Waals surface area contributed by atoms with E-state index < -0.39 is 17.1 Å². The Morgan fingerprint density at radius 2 is 1.83 bits per heavy atom. The molecule has 3 amide bonds. The summed E-state index contributed by atoms with van der Waals surface area (Å²) in [5.41, 5.74) is 2.49. The molecule has 156 valence electrons. The number of hydrogen-bond acceptors (Lipinski definition) is 5. The van der Waals surface area contributed by atoms with Gasteiger partial charge in [0.05, 0.1) is 11.0 Å². The van der Waals surface area contributed by atoms with E-state index in [2.05, 4.69) is 5.32 Å². The van der Waals surface area contributed by atoms with Crippen LogP contribution in [-0.2, 0) is 16.0 Å². The van der Waals surface area contributed by atoms with Crippen LogP contribution < -0.4 is 10.1 Å². The molecule has 1 N–H and O–H groups in total. The van der Waals surface area contributed by atoms with Crippen LogP contribution in [0.1, 0.15) is 31.9 Å². The van der Waals surface area contributed by atoms with Crippen molar-refractivity contribution >= 4 is 40.6 Å². The number of para-hydroxylation sites is 1. The largest absolute Gasteiger partial charge is 0.490 e. The molecule has 2 aromatic rings. The van der Waals surface area contributed by atoms with Crippen LogP contribution in [-0.4, -0.2) is 34.6 Å². The third-order valence-corrected chi connectivity index (χ3v) is 5.30. The molecule has 0 aromatic heterocycles. The predicted octanol–water partition coefficient (Wildman–Crippen LogP) is 4.71. The lowest BCUT2D eigenvalue weighted by molar-refractivity contribution is -0.127. The van der Waals surface area contributed by atoms with Crippen molar-refractivity contribution in [1.29, 1.82) is 0 Å². The highest BCUT2D eigenvalue weighted by molar-refractivity contribution is 8.18. The molecule has 0 spiro atoms. The van der Waals surface area contributed by atoms with E-state index in [0.29, 0.717) is 17.0 Å². The minimum Gasteiger partial charge on any atom is -0.490 e. The van der Waals surface area contributed by atoms with Crippen LogP contribution in [0.4, 0.5) is 10.5 Å². The van der Waals surface area contributed by atoms with E-state index >= 15 is 0 Å². The van der Waals surface area contributed by atoms with Gasteiger partial charge in [-0.1, -0.05) is 37.3 Å². The second kappa shape index (κ2) is 9.63. The molecule has 1 heterocycles. The van der Waals surface area contributed by atoms with Crippen LogP contribution in [0.2, 0.25) is 0 Å². The van der Waals surface area contributed by atoms with Crippen molar-refractivity contribution in [2.24, 2.45) is 0 Å². The Balaban J connectivity index is 1.70. The number of ether oxygens (including phenoxy) is 1. The molecule has 2 aromatic carbocycles. The van der Waals surface area contributed by atoms with Crippen molar-refractivity contribution < 1.29 is 19.1 Å². The number of aryl methyl sites for hydroxylation is 1. The maximum absolute atomic E-state index is 12.7. The Labute approximate surface area is 180 Å². The van der Waals surface area contributed by atoms with E-state index in [-0.39, 0.29) is 17.6 Å². The van der Waals surface area contributed by atoms with E-state index in [9.17, 15) is 14.4 Å². The second-order valence-electron chi connectivity index (χ2n) is 7.07. The highest BCUT2D eigenvalue weighted by Gasteiger charge is 2.36. The van der Waals surface area contributed by atoms with Gasteiger partial charge in [0.15, 0.2) is 0 Å². The van der Waals surface area contributed by atoms with Gasteiger partial charge < -0.3 is 10.1 Å². The van der Waals surface area contributed by atoms with E-state index in [1.54, 1.807) is 18.2 Å². The van der Waals surface area contributed by atoms with Gasteiger partial charge in [0, 0.05) is 11.3 Å². The summed E-state index contributed by atoms with van der Waals surface area (Å²) in [6, 6.07) is 14.8. The Hall–Kier alpha value is -3.06. The van der Waals surface area contributed by atoms with Crippen molar-refractivity contribution in [3.63, 3.8) is 0 Å². The minimum atomic E-state index is -0.485. The summed E-state index contributed by atoms with van der Waals surface area (Å²) in [6.45, 7) is 5.55. The lowest BCUT2D eigenvalue weighted by Gasteiger charge is -2.13. The molecule has 6 nitrogen and oxygen atoms in total. The minimum absolute atomic E-state index is 0.0234. The van der Waals surface area contributed by atoms with Crippen molar-refractivity contribution in [2.45, 2.75) is 33.3 Å². The fraction of sp³-hybridized carbons (Fsp3) is 0.261. The number of nitrogens with zero attached hydrogens (tertiary/aromatic N) is 1. The van der Waals surface area contributed by atoms with Crippen LogP contribution in [0, 0.1) is 0 Å². The first-order chi connectivity index (χ1) is 14.4. The number of carbonyl (C=O) groups excluding carboxylic acids is 3. The summed E-state index contributed by atoms with van der Waals surface area (Å²) in [6.07, 6.45) is 2.51. The molecule has 1 fully saturated rings. The molecule has 1 aliphatic rings. The zero-order valence-electron chi connectivity index (χ0n) is 17.2. The fourth-order valence-corrected chi connectivity index (χ4v) is 3.74. The fourth-order valence-electron chi connectivity index (χ4n) is 2.91. The van der Waals surface area contributed by atoms with Gasteiger partial charge >= 0.3 is 0 Å². The molecule has 0 unspecified atom stereocenters. The van der Waals surface area contributed by atoms with Gasteiger partial charge in [0.1, 0.15) is 12.3 Å². The molecular formula is C23H24N2O4S. The van der Waals surface area contributed by atoms with Crippen molar-refractivity contribution in [3.8, 4) is 5.75 Å². The Kier molecular flexibility index (Phi) is 6.95. The van der Waals surface area contributed by atoms with Gasteiger partial charge in [-0.05, 0) is 61.9 Å². The molecular weight excluding hydrogens is 400 g/mol. The van der Waals surface area contributed by atoms with Crippen LogP contribution >= 0.6 is 11.8 Å². The van der Waals surface area contributed by atoms with Crippen molar-refractivity contribution in [1.82, 2.24) is 4.90 Å². The van der Waals surface area contributed by atoms with Crippen LogP contribution in [0.3, 0.4) is 0 Å². The van der Waals surface area contributed by atoms with Gasteiger partial charge in [0.2, 0.25) is 5.91 Å². The zero-order valence-corrected chi connectivity index (χ0v) is 18.0. The number of nitrogens with one attached hydrogen (secondary N) is 1. The summed E-state index contributed by atoms with van der Waals surface area (Å²) in [5, 5.41) is 2.26. The first-order valence-corrected chi connectivity index (χ1v) is 10.6. The van der Waals surface area contributed by atoms with Crippen molar-refractivity contribution in [2.75, 3.05) is 11.9 Å². The molecule has 0 aliphatic carbocycles. The van der Waals surface area contributed by atoms with Crippen LogP contribution in [0.15, 0.2) is 53.4 Å². The van der Waals surface area contributed by atoms with Gasteiger partial charge in [-0.2, -0.15) is 0 Å². The summed E-state index contributed by atoms with van der Waals surface area (Å²) in [5.74, 6) is -0.278. The monoisotopic (exact) mass is 424 g/mol. The number of carbonyl (C=O) groups is 3. The summed E-state index contributed by atoms with van der Waals surface area (Å²) in [4.78, 5) is 38.6. The Morgan fingerprint density at radius 1 is 1.13 bits per heavy atom. The van der Waals surface area contributed by atoms with Gasteiger partial charge in [0.25, 0.3) is 11.1 Å². The smallest absolute Gasteiger partial charge is 0.294 e. The number of anilines is 1. The molecule has 0 bridgehead atoms. The molecule has 7 heteroatoms. The first kappa shape index (κ1) is 21.6. The lowest BCUT2D eigenvalue weighted by Crippen LogP contribution is -2.36. The Bertz CT molecular complexity index is 983. The molecule has 0 atom stereocenters. The van der Waals surface area contributed by atoms with E-state index in [0.717, 1.165) is 28.6 Å². The topological polar surface area (TPSA) is 75.7 Å². The molecule has 0 radical (unpaired) electrons. The SMILES string of the molecule is CCc1ccc(NC(=O)CN2C(=O)S/C(=C\c3ccccc3OC(C)C)C2=O)cc1. The van der Waals surface area contributed by atoms with Crippen molar-refractivity contribution in [3.05, 3.63) is 64.6 Å². The summed E-state index contributed by atoms with van der Waals surface area (Å²) in [7, 11) is 0. The van der Waals surface area contributed by atoms with Crippen LogP contribution in [0.25, 0.3) is 6.08 Å². The average Bonchev–Trinajstić information content (AvgIpc) is 2.97. The predicted molar refractivity (Wildman–Crippen MR) is 119 cm³/mol. The normalized spacial score (nSPS) is 15.2. The maximum Gasteiger partial charge on any atom is 0.294 e. The summed E-state index contributed by atoms with van der Waals surface area (Å²) >= 11 is 0.820.